The average molecular weight is 389 g/mol. The van der Waals surface area contributed by atoms with Crippen LogP contribution in [0.25, 0.3) is 0 Å². The average Bonchev–Trinajstić information content (AvgIpc) is 2.72. The van der Waals surface area contributed by atoms with E-state index in [4.69, 9.17) is 9.47 Å². The highest BCUT2D eigenvalue weighted by molar-refractivity contribution is 6.05. The van der Waals surface area contributed by atoms with Crippen LogP contribution in [0.1, 0.15) is 39.5 Å². The molecule has 29 heavy (non-hydrogen) atoms. The van der Waals surface area contributed by atoms with Gasteiger partial charge in [0.05, 0.1) is 6.61 Å². The Morgan fingerprint density at radius 2 is 1.69 bits per heavy atom. The van der Waals surface area contributed by atoms with E-state index >= 15 is 0 Å². The molecule has 3 aromatic carbocycles. The number of rotatable bonds is 7. The molecule has 0 heterocycles. The highest BCUT2D eigenvalue weighted by atomic mass is 16.5. The van der Waals surface area contributed by atoms with Crippen molar-refractivity contribution in [3.05, 3.63) is 88.5 Å². The molecular formula is C25H27NO3. The van der Waals surface area contributed by atoms with Crippen LogP contribution >= 0.6 is 0 Å². The van der Waals surface area contributed by atoms with E-state index in [2.05, 4.69) is 5.32 Å². The molecule has 1 amide bonds. The molecule has 3 aromatic rings. The van der Waals surface area contributed by atoms with Gasteiger partial charge in [-0.05, 0) is 75.2 Å². The zero-order chi connectivity index (χ0) is 20.8. The lowest BCUT2D eigenvalue weighted by Gasteiger charge is -2.14. The van der Waals surface area contributed by atoms with Crippen LogP contribution in [0.3, 0.4) is 0 Å². The Kier molecular flexibility index (Phi) is 6.55. The molecule has 1 N–H and O–H groups in total. The standard InChI is InChI=1S/C25H27NO3/c1-5-28-24-14-11-20(25(27)26-23-8-6-7-18(3)19(23)4)15-21(24)16-29-22-12-9-17(2)10-13-22/h6-15H,5,16H2,1-4H3,(H,26,27). The number of nitrogens with one attached hydrogen (secondary N) is 1. The number of carbonyl (C=O) groups is 1. The summed E-state index contributed by atoms with van der Waals surface area (Å²) in [7, 11) is 0. The minimum atomic E-state index is -0.154. The summed E-state index contributed by atoms with van der Waals surface area (Å²) in [6, 6.07) is 19.2. The van der Waals surface area contributed by atoms with Crippen molar-refractivity contribution >= 4 is 11.6 Å². The molecule has 0 aliphatic rings. The lowest BCUT2D eigenvalue weighted by molar-refractivity contribution is 0.102. The summed E-state index contributed by atoms with van der Waals surface area (Å²) in [5.41, 5.74) is 5.60. The van der Waals surface area contributed by atoms with E-state index in [-0.39, 0.29) is 5.91 Å². The number of hydrogen-bond acceptors (Lipinski definition) is 3. The van der Waals surface area contributed by atoms with Gasteiger partial charge in [0.15, 0.2) is 0 Å². The van der Waals surface area contributed by atoms with Crippen molar-refractivity contribution in [3.8, 4) is 11.5 Å². The lowest BCUT2D eigenvalue weighted by atomic mass is 10.1. The predicted octanol–water partition coefficient (Wildman–Crippen LogP) is 5.84. The summed E-state index contributed by atoms with van der Waals surface area (Å²) in [5.74, 6) is 1.35. The molecule has 150 valence electrons. The number of aryl methyl sites for hydroxylation is 2. The van der Waals surface area contributed by atoms with Gasteiger partial charge in [-0.2, -0.15) is 0 Å². The monoisotopic (exact) mass is 389 g/mol. The molecule has 0 fully saturated rings. The van der Waals surface area contributed by atoms with E-state index in [1.54, 1.807) is 6.07 Å². The van der Waals surface area contributed by atoms with Crippen LogP contribution in [0.5, 0.6) is 11.5 Å². The fourth-order valence-electron chi connectivity index (χ4n) is 3.01. The number of ether oxygens (including phenoxy) is 2. The minimum Gasteiger partial charge on any atom is -0.493 e. The first-order chi connectivity index (χ1) is 14.0. The normalized spacial score (nSPS) is 10.5. The van der Waals surface area contributed by atoms with Crippen molar-refractivity contribution in [1.29, 1.82) is 0 Å². The molecule has 0 spiro atoms. The van der Waals surface area contributed by atoms with Gasteiger partial charge in [0.1, 0.15) is 18.1 Å². The number of anilines is 1. The Morgan fingerprint density at radius 3 is 2.41 bits per heavy atom. The van der Waals surface area contributed by atoms with Crippen molar-refractivity contribution < 1.29 is 14.3 Å². The first-order valence-corrected chi connectivity index (χ1v) is 9.80. The van der Waals surface area contributed by atoms with Crippen LogP contribution in [-0.4, -0.2) is 12.5 Å². The van der Waals surface area contributed by atoms with Gasteiger partial charge < -0.3 is 14.8 Å². The second-order valence-electron chi connectivity index (χ2n) is 7.06. The number of carbonyl (C=O) groups excluding carboxylic acids is 1. The summed E-state index contributed by atoms with van der Waals surface area (Å²) in [4.78, 5) is 12.8. The first kappa shape index (κ1) is 20.5. The van der Waals surface area contributed by atoms with Gasteiger partial charge >= 0.3 is 0 Å². The molecule has 0 atom stereocenters. The van der Waals surface area contributed by atoms with Gasteiger partial charge in [-0.3, -0.25) is 4.79 Å². The summed E-state index contributed by atoms with van der Waals surface area (Å²) in [6.07, 6.45) is 0. The van der Waals surface area contributed by atoms with E-state index in [1.165, 1.54) is 5.56 Å². The molecule has 0 aromatic heterocycles. The van der Waals surface area contributed by atoms with E-state index in [1.807, 2.05) is 82.3 Å². The molecule has 0 bridgehead atoms. The predicted molar refractivity (Wildman–Crippen MR) is 117 cm³/mol. The second kappa shape index (κ2) is 9.28. The Labute approximate surface area is 172 Å². The van der Waals surface area contributed by atoms with E-state index in [0.717, 1.165) is 33.9 Å². The number of hydrogen-bond donors (Lipinski definition) is 1. The maximum absolute atomic E-state index is 12.8. The van der Waals surface area contributed by atoms with Crippen molar-refractivity contribution in [1.82, 2.24) is 0 Å². The Hall–Kier alpha value is -3.27. The van der Waals surface area contributed by atoms with Gasteiger partial charge in [-0.15, -0.1) is 0 Å². The van der Waals surface area contributed by atoms with E-state index in [0.29, 0.717) is 18.8 Å². The Morgan fingerprint density at radius 1 is 0.931 bits per heavy atom. The molecule has 0 saturated heterocycles. The van der Waals surface area contributed by atoms with Crippen molar-refractivity contribution in [2.45, 2.75) is 34.3 Å². The molecule has 4 heteroatoms. The third kappa shape index (κ3) is 5.17. The van der Waals surface area contributed by atoms with Gasteiger partial charge in [-0.25, -0.2) is 0 Å². The van der Waals surface area contributed by atoms with Crippen molar-refractivity contribution in [3.63, 3.8) is 0 Å². The van der Waals surface area contributed by atoms with Crippen LogP contribution in [-0.2, 0) is 6.61 Å². The highest BCUT2D eigenvalue weighted by Crippen LogP contribution is 2.24. The number of benzene rings is 3. The first-order valence-electron chi connectivity index (χ1n) is 9.80. The van der Waals surface area contributed by atoms with E-state index < -0.39 is 0 Å². The zero-order valence-corrected chi connectivity index (χ0v) is 17.4. The van der Waals surface area contributed by atoms with Crippen LogP contribution in [0.15, 0.2) is 60.7 Å². The molecular weight excluding hydrogens is 362 g/mol. The maximum Gasteiger partial charge on any atom is 0.255 e. The lowest BCUT2D eigenvalue weighted by Crippen LogP contribution is -2.14. The fourth-order valence-corrected chi connectivity index (χ4v) is 3.01. The summed E-state index contributed by atoms with van der Waals surface area (Å²) >= 11 is 0. The maximum atomic E-state index is 12.8. The summed E-state index contributed by atoms with van der Waals surface area (Å²) in [5, 5.41) is 3.01. The minimum absolute atomic E-state index is 0.154. The molecule has 0 unspecified atom stereocenters. The molecule has 0 radical (unpaired) electrons. The molecule has 0 aliphatic carbocycles. The molecule has 0 aliphatic heterocycles. The molecule has 4 nitrogen and oxygen atoms in total. The Bertz CT molecular complexity index is 993. The summed E-state index contributed by atoms with van der Waals surface area (Å²) in [6.45, 7) is 8.88. The van der Waals surface area contributed by atoms with Gasteiger partial charge in [0, 0.05) is 16.8 Å². The smallest absolute Gasteiger partial charge is 0.255 e. The highest BCUT2D eigenvalue weighted by Gasteiger charge is 2.13. The van der Waals surface area contributed by atoms with Gasteiger partial charge in [0.2, 0.25) is 0 Å². The topological polar surface area (TPSA) is 47.6 Å². The van der Waals surface area contributed by atoms with Gasteiger partial charge in [-0.1, -0.05) is 29.8 Å². The third-order valence-corrected chi connectivity index (χ3v) is 4.89. The largest absolute Gasteiger partial charge is 0.493 e. The quantitative estimate of drug-likeness (QED) is 0.552. The SMILES string of the molecule is CCOc1ccc(C(=O)Nc2cccc(C)c2C)cc1COc1ccc(C)cc1. The van der Waals surface area contributed by atoms with Crippen molar-refractivity contribution in [2.24, 2.45) is 0 Å². The second-order valence-corrected chi connectivity index (χ2v) is 7.06. The van der Waals surface area contributed by atoms with Crippen LogP contribution in [0, 0.1) is 20.8 Å². The van der Waals surface area contributed by atoms with E-state index in [9.17, 15) is 4.79 Å². The summed E-state index contributed by atoms with van der Waals surface area (Å²) < 4.78 is 11.6. The van der Waals surface area contributed by atoms with Crippen molar-refractivity contribution in [2.75, 3.05) is 11.9 Å². The van der Waals surface area contributed by atoms with Crippen LogP contribution < -0.4 is 14.8 Å². The number of amides is 1. The molecule has 3 rings (SSSR count). The fraction of sp³-hybridized carbons (Fsp3) is 0.240. The van der Waals surface area contributed by atoms with Gasteiger partial charge in [0.25, 0.3) is 5.91 Å². The Balaban J connectivity index is 1.80. The third-order valence-electron chi connectivity index (χ3n) is 4.89. The van der Waals surface area contributed by atoms with Crippen LogP contribution in [0.2, 0.25) is 0 Å². The zero-order valence-electron chi connectivity index (χ0n) is 17.4. The van der Waals surface area contributed by atoms with Crippen LogP contribution in [0.4, 0.5) is 5.69 Å². The molecule has 0 saturated carbocycles.